The molecule has 1 aromatic carbocycles. The van der Waals surface area contributed by atoms with Crippen molar-refractivity contribution < 1.29 is 13.2 Å². The van der Waals surface area contributed by atoms with Crippen molar-refractivity contribution in [2.75, 3.05) is 17.8 Å². The molecule has 5 heteroatoms. The summed E-state index contributed by atoms with van der Waals surface area (Å²) in [6.45, 7) is 1.51. The van der Waals surface area contributed by atoms with E-state index in [0.29, 0.717) is 11.3 Å². The van der Waals surface area contributed by atoms with Gasteiger partial charge in [0.05, 0.1) is 5.75 Å². The molecule has 0 bridgehead atoms. The van der Waals surface area contributed by atoms with Crippen LogP contribution in [0.1, 0.15) is 17.3 Å². The lowest BCUT2D eigenvalue weighted by atomic mass is 10.2. The molecule has 0 N–H and O–H groups in total. The van der Waals surface area contributed by atoms with Gasteiger partial charge in [-0.2, -0.15) is 0 Å². The molecule has 1 rings (SSSR count). The number of hydrogen-bond acceptors (Lipinski definition) is 4. The van der Waals surface area contributed by atoms with Crippen molar-refractivity contribution in [3.05, 3.63) is 29.8 Å². The van der Waals surface area contributed by atoms with Crippen LogP contribution < -0.4 is 0 Å². The molecule has 0 saturated heterocycles. The van der Waals surface area contributed by atoms with E-state index in [9.17, 15) is 13.2 Å². The van der Waals surface area contributed by atoms with Gasteiger partial charge in [0.25, 0.3) is 0 Å². The van der Waals surface area contributed by atoms with Crippen molar-refractivity contribution in [1.82, 2.24) is 0 Å². The summed E-state index contributed by atoms with van der Waals surface area (Å²) in [7, 11) is -2.91. The van der Waals surface area contributed by atoms with Gasteiger partial charge < -0.3 is 0 Å². The topological polar surface area (TPSA) is 51.2 Å². The quantitative estimate of drug-likeness (QED) is 0.599. The number of ketones is 1. The highest BCUT2D eigenvalue weighted by Crippen LogP contribution is 2.19. The van der Waals surface area contributed by atoms with E-state index in [0.717, 1.165) is 4.90 Å². The summed E-state index contributed by atoms with van der Waals surface area (Å²) in [5.74, 6) is 0.688. The van der Waals surface area contributed by atoms with Crippen molar-refractivity contribution >= 4 is 27.4 Å². The Kier molecular flexibility index (Phi) is 4.56. The molecule has 0 aliphatic rings. The molecule has 0 aromatic heterocycles. The van der Waals surface area contributed by atoms with Gasteiger partial charge in [-0.1, -0.05) is 12.1 Å². The predicted molar refractivity (Wildman–Crippen MR) is 66.9 cm³/mol. The summed E-state index contributed by atoms with van der Waals surface area (Å²) in [6, 6.07) is 7.22. The zero-order valence-corrected chi connectivity index (χ0v) is 10.9. The minimum absolute atomic E-state index is 0.0190. The molecule has 0 heterocycles. The maximum atomic E-state index is 11.1. The second-order valence-electron chi connectivity index (χ2n) is 3.56. The van der Waals surface area contributed by atoms with Crippen LogP contribution in [0.2, 0.25) is 0 Å². The van der Waals surface area contributed by atoms with Crippen LogP contribution in [0.5, 0.6) is 0 Å². The maximum absolute atomic E-state index is 11.1. The molecule has 0 atom stereocenters. The summed E-state index contributed by atoms with van der Waals surface area (Å²) in [4.78, 5) is 12.1. The van der Waals surface area contributed by atoms with Crippen LogP contribution in [0.3, 0.4) is 0 Å². The second kappa shape index (κ2) is 5.50. The van der Waals surface area contributed by atoms with E-state index in [1.807, 2.05) is 6.07 Å². The van der Waals surface area contributed by atoms with Crippen LogP contribution >= 0.6 is 11.8 Å². The Bertz CT molecular complexity index is 478. The largest absolute Gasteiger partial charge is 0.295 e. The highest BCUT2D eigenvalue weighted by molar-refractivity contribution is 8.00. The molecule has 0 spiro atoms. The first-order valence-electron chi connectivity index (χ1n) is 4.80. The van der Waals surface area contributed by atoms with Crippen LogP contribution in [0.25, 0.3) is 0 Å². The van der Waals surface area contributed by atoms with Gasteiger partial charge in [-0.05, 0) is 19.1 Å². The molecular formula is C11H14O3S2. The van der Waals surface area contributed by atoms with Gasteiger partial charge in [0.15, 0.2) is 5.78 Å². The van der Waals surface area contributed by atoms with Crippen molar-refractivity contribution in [3.63, 3.8) is 0 Å². The standard InChI is InChI=1S/C11H14O3S2/c1-9(12)10-4-3-5-11(8-10)15-6-7-16(2,13)14/h3-5,8H,6-7H2,1-2H3. The average Bonchev–Trinajstić information content (AvgIpc) is 2.16. The fourth-order valence-corrected chi connectivity index (χ4v) is 3.28. The molecule has 0 amide bonds. The van der Waals surface area contributed by atoms with Crippen molar-refractivity contribution in [1.29, 1.82) is 0 Å². The van der Waals surface area contributed by atoms with Crippen molar-refractivity contribution in [2.24, 2.45) is 0 Å². The van der Waals surface area contributed by atoms with Crippen LogP contribution in [-0.4, -0.2) is 32.0 Å². The Hall–Kier alpha value is -0.810. The van der Waals surface area contributed by atoms with E-state index >= 15 is 0 Å². The monoisotopic (exact) mass is 258 g/mol. The van der Waals surface area contributed by atoms with Gasteiger partial charge in [-0.3, -0.25) is 4.79 Å². The Morgan fingerprint density at radius 1 is 1.38 bits per heavy atom. The molecule has 88 valence electrons. The summed E-state index contributed by atoms with van der Waals surface area (Å²) < 4.78 is 21.9. The highest BCUT2D eigenvalue weighted by Gasteiger charge is 2.04. The van der Waals surface area contributed by atoms with Gasteiger partial charge >= 0.3 is 0 Å². The lowest BCUT2D eigenvalue weighted by Crippen LogP contribution is -2.04. The van der Waals surface area contributed by atoms with E-state index in [2.05, 4.69) is 0 Å². The summed E-state index contributed by atoms with van der Waals surface area (Å²) in [6.07, 6.45) is 1.22. The van der Waals surface area contributed by atoms with Crippen molar-refractivity contribution in [3.8, 4) is 0 Å². The number of benzene rings is 1. The van der Waals surface area contributed by atoms with E-state index in [1.54, 1.807) is 18.2 Å². The zero-order chi connectivity index (χ0) is 12.2. The molecule has 1 aromatic rings. The van der Waals surface area contributed by atoms with Gasteiger partial charge in [0.2, 0.25) is 0 Å². The van der Waals surface area contributed by atoms with E-state index in [1.165, 1.54) is 24.9 Å². The zero-order valence-electron chi connectivity index (χ0n) is 9.26. The van der Waals surface area contributed by atoms with Crippen molar-refractivity contribution in [2.45, 2.75) is 11.8 Å². The number of thioether (sulfide) groups is 1. The maximum Gasteiger partial charge on any atom is 0.159 e. The van der Waals surface area contributed by atoms with Crippen LogP contribution in [0.15, 0.2) is 29.2 Å². The van der Waals surface area contributed by atoms with Crippen LogP contribution in [0.4, 0.5) is 0 Å². The molecule has 0 fully saturated rings. The number of sulfone groups is 1. The van der Waals surface area contributed by atoms with Gasteiger partial charge in [-0.25, -0.2) is 8.42 Å². The first-order chi connectivity index (χ1) is 7.38. The van der Waals surface area contributed by atoms with E-state index in [-0.39, 0.29) is 11.5 Å². The normalized spacial score (nSPS) is 11.4. The summed E-state index contributed by atoms with van der Waals surface area (Å²) >= 11 is 1.45. The third-order valence-electron chi connectivity index (χ3n) is 1.96. The summed E-state index contributed by atoms with van der Waals surface area (Å²) in [5, 5.41) is 0. The number of rotatable bonds is 5. The Balaban J connectivity index is 2.61. The molecule has 0 radical (unpaired) electrons. The van der Waals surface area contributed by atoms with Crippen LogP contribution in [0, 0.1) is 0 Å². The van der Waals surface area contributed by atoms with Crippen LogP contribution in [-0.2, 0) is 9.84 Å². The molecule has 0 aliphatic carbocycles. The third kappa shape index (κ3) is 4.81. The molecule has 0 aliphatic heterocycles. The molecule has 3 nitrogen and oxygen atoms in total. The van der Waals surface area contributed by atoms with Gasteiger partial charge in [0.1, 0.15) is 9.84 Å². The second-order valence-corrected chi connectivity index (χ2v) is 6.99. The number of Topliss-reactive ketones (excluding diaryl/α,β-unsaturated/α-hetero) is 1. The Morgan fingerprint density at radius 3 is 2.62 bits per heavy atom. The SMILES string of the molecule is CC(=O)c1cccc(SCCS(C)(=O)=O)c1. The average molecular weight is 258 g/mol. The third-order valence-corrected chi connectivity index (χ3v) is 4.16. The Labute approximate surface area is 100 Å². The number of carbonyl (C=O) groups is 1. The lowest BCUT2D eigenvalue weighted by Gasteiger charge is -2.02. The Morgan fingerprint density at radius 2 is 2.06 bits per heavy atom. The first kappa shape index (κ1) is 13.3. The van der Waals surface area contributed by atoms with E-state index < -0.39 is 9.84 Å². The van der Waals surface area contributed by atoms with Gasteiger partial charge in [-0.15, -0.1) is 11.8 Å². The minimum Gasteiger partial charge on any atom is -0.295 e. The van der Waals surface area contributed by atoms with E-state index in [4.69, 9.17) is 0 Å². The summed E-state index contributed by atoms with van der Waals surface area (Å²) in [5.41, 5.74) is 0.657. The molecule has 16 heavy (non-hydrogen) atoms. The number of hydrogen-bond donors (Lipinski definition) is 0. The molecule has 0 saturated carbocycles. The lowest BCUT2D eigenvalue weighted by molar-refractivity contribution is 0.101. The molecule has 0 unspecified atom stereocenters. The first-order valence-corrected chi connectivity index (χ1v) is 7.84. The highest BCUT2D eigenvalue weighted by atomic mass is 32.2. The van der Waals surface area contributed by atoms with Gasteiger partial charge in [0, 0.05) is 22.5 Å². The fourth-order valence-electron chi connectivity index (χ4n) is 1.12. The minimum atomic E-state index is -2.91. The smallest absolute Gasteiger partial charge is 0.159 e. The fraction of sp³-hybridized carbons (Fsp3) is 0.364. The molecular weight excluding hydrogens is 244 g/mol. The predicted octanol–water partition coefficient (Wildman–Crippen LogP) is 2.03. The number of carbonyl (C=O) groups excluding carboxylic acids is 1.